The second kappa shape index (κ2) is 8.26. The van der Waals surface area contributed by atoms with Crippen molar-refractivity contribution in [3.63, 3.8) is 0 Å². The van der Waals surface area contributed by atoms with Gasteiger partial charge in [0.15, 0.2) is 5.03 Å². The van der Waals surface area contributed by atoms with E-state index in [-0.39, 0.29) is 27.5 Å². The highest BCUT2D eigenvalue weighted by Crippen LogP contribution is 2.35. The fraction of sp³-hybridized carbons (Fsp3) is 0.250. The number of benzene rings is 2. The zero-order valence-electron chi connectivity index (χ0n) is 15.4. The zero-order chi connectivity index (χ0) is 21.5. The Bertz CT molecular complexity index is 1140. The minimum atomic E-state index is -3.69. The number of halogens is 4. The summed E-state index contributed by atoms with van der Waals surface area (Å²) in [5.41, 5.74) is 1.07. The number of hydrogen-bond donors (Lipinski definition) is 1. The van der Waals surface area contributed by atoms with Crippen molar-refractivity contribution in [3.8, 4) is 0 Å². The van der Waals surface area contributed by atoms with Gasteiger partial charge in [-0.1, -0.05) is 35.3 Å². The molecule has 0 radical (unpaired) electrons. The van der Waals surface area contributed by atoms with Gasteiger partial charge in [-0.15, -0.1) is 0 Å². The Labute approximate surface area is 181 Å². The van der Waals surface area contributed by atoms with Crippen LogP contribution in [0.1, 0.15) is 29.3 Å². The second-order valence-corrected chi connectivity index (χ2v) is 9.92. The van der Waals surface area contributed by atoms with Crippen LogP contribution in [0.25, 0.3) is 0 Å². The van der Waals surface area contributed by atoms with Crippen molar-refractivity contribution in [1.29, 1.82) is 0 Å². The molecule has 30 heavy (non-hydrogen) atoms. The van der Waals surface area contributed by atoms with E-state index in [0.717, 1.165) is 0 Å². The quantitative estimate of drug-likeness (QED) is 0.582. The van der Waals surface area contributed by atoms with Crippen LogP contribution in [0.2, 0.25) is 10.0 Å². The number of nitrogens with zero attached hydrogens (tertiary/aromatic N) is 1. The minimum absolute atomic E-state index is 0.104. The van der Waals surface area contributed by atoms with Gasteiger partial charge in [0.25, 0.3) is 0 Å². The molecule has 2 heterocycles. The molecule has 1 saturated heterocycles. The number of aromatic amines is 1. The molecule has 1 unspecified atom stereocenters. The standard InChI is InChI=1S/C20H16Cl2F2N2O3S/c21-14-7-11(1-3-16(14)23)19(12-2-4-17(24)15(22)8-12)20-25-9-18(26-20)30(27,28)13-5-6-29-10-13/h1-4,7-9,13,19H,5-6,10H2,(H,25,26). The van der Waals surface area contributed by atoms with Crippen molar-refractivity contribution < 1.29 is 21.9 Å². The van der Waals surface area contributed by atoms with E-state index in [9.17, 15) is 17.2 Å². The third-order valence-corrected chi connectivity index (χ3v) is 7.64. The highest BCUT2D eigenvalue weighted by Gasteiger charge is 2.34. The first-order chi connectivity index (χ1) is 14.3. The molecule has 2 aromatic carbocycles. The van der Waals surface area contributed by atoms with E-state index in [4.69, 9.17) is 27.9 Å². The van der Waals surface area contributed by atoms with Crippen LogP contribution in [0, 0.1) is 11.6 Å². The minimum Gasteiger partial charge on any atom is -0.380 e. The molecule has 0 aliphatic carbocycles. The molecule has 1 fully saturated rings. The van der Waals surface area contributed by atoms with Crippen molar-refractivity contribution in [2.75, 3.05) is 13.2 Å². The first kappa shape index (κ1) is 21.2. The predicted molar refractivity (Wildman–Crippen MR) is 109 cm³/mol. The Hall–Kier alpha value is -2.00. The van der Waals surface area contributed by atoms with Crippen LogP contribution in [0.15, 0.2) is 47.6 Å². The highest BCUT2D eigenvalue weighted by atomic mass is 35.5. The SMILES string of the molecule is O=S(=O)(c1c[nH]c(C(c2ccc(F)c(Cl)c2)c2ccc(F)c(Cl)c2)n1)C1CCOC1. The monoisotopic (exact) mass is 472 g/mol. The summed E-state index contributed by atoms with van der Waals surface area (Å²) in [4.78, 5) is 7.21. The lowest BCUT2D eigenvalue weighted by Gasteiger charge is -2.17. The van der Waals surface area contributed by atoms with E-state index in [0.29, 0.717) is 24.2 Å². The molecule has 0 amide bonds. The Morgan fingerprint density at radius 3 is 2.17 bits per heavy atom. The normalized spacial score (nSPS) is 17.0. The van der Waals surface area contributed by atoms with Gasteiger partial charge in [0.05, 0.1) is 27.8 Å². The number of sulfone groups is 1. The molecule has 1 aliphatic rings. The maximum atomic E-state index is 13.7. The first-order valence-electron chi connectivity index (χ1n) is 9.04. The first-order valence-corrected chi connectivity index (χ1v) is 11.3. The summed E-state index contributed by atoms with van der Waals surface area (Å²) in [7, 11) is -3.69. The van der Waals surface area contributed by atoms with Crippen LogP contribution in [0.3, 0.4) is 0 Å². The summed E-state index contributed by atoms with van der Waals surface area (Å²) < 4.78 is 58.3. The number of aromatic nitrogens is 2. The summed E-state index contributed by atoms with van der Waals surface area (Å²) in [5, 5.41) is -0.978. The molecule has 1 aromatic heterocycles. The Morgan fingerprint density at radius 2 is 1.67 bits per heavy atom. The fourth-order valence-electron chi connectivity index (χ4n) is 3.43. The molecule has 1 atom stereocenters. The Morgan fingerprint density at radius 1 is 1.07 bits per heavy atom. The predicted octanol–water partition coefficient (Wildman–Crippen LogP) is 4.74. The number of nitrogens with one attached hydrogen (secondary N) is 1. The van der Waals surface area contributed by atoms with Crippen LogP contribution in [-0.2, 0) is 14.6 Å². The van der Waals surface area contributed by atoms with Crippen molar-refractivity contribution in [1.82, 2.24) is 9.97 Å². The fourth-order valence-corrected chi connectivity index (χ4v) is 5.28. The number of H-pyrrole nitrogens is 1. The molecule has 10 heteroatoms. The van der Waals surface area contributed by atoms with E-state index < -0.39 is 32.6 Å². The average Bonchev–Trinajstić information content (AvgIpc) is 3.40. The average molecular weight is 473 g/mol. The molecule has 1 N–H and O–H groups in total. The van der Waals surface area contributed by atoms with Gasteiger partial charge in [-0.25, -0.2) is 22.2 Å². The van der Waals surface area contributed by atoms with E-state index in [2.05, 4.69) is 9.97 Å². The van der Waals surface area contributed by atoms with Gasteiger partial charge in [0, 0.05) is 12.8 Å². The lowest BCUT2D eigenvalue weighted by molar-refractivity contribution is 0.198. The van der Waals surface area contributed by atoms with Crippen LogP contribution in [-0.4, -0.2) is 36.8 Å². The lowest BCUT2D eigenvalue weighted by atomic mass is 9.90. The van der Waals surface area contributed by atoms with E-state index >= 15 is 0 Å². The maximum Gasteiger partial charge on any atom is 0.202 e. The third kappa shape index (κ3) is 3.97. The molecule has 1 aliphatic heterocycles. The topological polar surface area (TPSA) is 72.0 Å². The summed E-state index contributed by atoms with van der Waals surface area (Å²) in [5.74, 6) is -1.59. The van der Waals surface area contributed by atoms with Crippen molar-refractivity contribution in [2.45, 2.75) is 22.6 Å². The highest BCUT2D eigenvalue weighted by molar-refractivity contribution is 7.92. The van der Waals surface area contributed by atoms with Crippen molar-refractivity contribution in [3.05, 3.63) is 81.2 Å². The Kier molecular flexibility index (Phi) is 5.85. The molecular formula is C20H16Cl2F2N2O3S. The van der Waals surface area contributed by atoms with Crippen LogP contribution in [0.4, 0.5) is 8.78 Å². The van der Waals surface area contributed by atoms with E-state index in [1.807, 2.05) is 0 Å². The number of hydrogen-bond acceptors (Lipinski definition) is 4. The van der Waals surface area contributed by atoms with Gasteiger partial charge in [-0.3, -0.25) is 0 Å². The second-order valence-electron chi connectivity index (χ2n) is 6.93. The molecule has 4 rings (SSSR count). The molecule has 158 valence electrons. The van der Waals surface area contributed by atoms with Gasteiger partial charge >= 0.3 is 0 Å². The molecule has 5 nitrogen and oxygen atoms in total. The van der Waals surface area contributed by atoms with Crippen molar-refractivity contribution in [2.24, 2.45) is 0 Å². The zero-order valence-corrected chi connectivity index (χ0v) is 17.7. The van der Waals surface area contributed by atoms with Crippen LogP contribution < -0.4 is 0 Å². The maximum absolute atomic E-state index is 13.7. The van der Waals surface area contributed by atoms with Crippen LogP contribution in [0.5, 0.6) is 0 Å². The number of rotatable bonds is 5. The molecular weight excluding hydrogens is 457 g/mol. The number of imidazole rings is 1. The van der Waals surface area contributed by atoms with Crippen molar-refractivity contribution >= 4 is 33.0 Å². The molecule has 3 aromatic rings. The van der Waals surface area contributed by atoms with Gasteiger partial charge in [0.2, 0.25) is 9.84 Å². The third-order valence-electron chi connectivity index (χ3n) is 5.02. The van der Waals surface area contributed by atoms with Gasteiger partial charge < -0.3 is 9.72 Å². The smallest absolute Gasteiger partial charge is 0.202 e. The van der Waals surface area contributed by atoms with Gasteiger partial charge in [-0.05, 0) is 41.8 Å². The lowest BCUT2D eigenvalue weighted by Crippen LogP contribution is -2.21. The molecule has 0 spiro atoms. The van der Waals surface area contributed by atoms with E-state index in [1.54, 1.807) is 0 Å². The summed E-state index contributed by atoms with van der Waals surface area (Å²) >= 11 is 11.9. The van der Waals surface area contributed by atoms with Gasteiger partial charge in [-0.2, -0.15) is 0 Å². The van der Waals surface area contributed by atoms with Gasteiger partial charge in [0.1, 0.15) is 17.5 Å². The summed E-state index contributed by atoms with van der Waals surface area (Å²) in [6, 6.07) is 8.24. The Balaban J connectivity index is 1.81. The largest absolute Gasteiger partial charge is 0.380 e. The molecule has 0 bridgehead atoms. The molecule has 0 saturated carbocycles. The van der Waals surface area contributed by atoms with Crippen LogP contribution >= 0.6 is 23.2 Å². The summed E-state index contributed by atoms with van der Waals surface area (Å²) in [6.45, 7) is 0.501. The summed E-state index contributed by atoms with van der Waals surface area (Å²) in [6.07, 6.45) is 1.71. The number of ether oxygens (including phenoxy) is 1. The van der Waals surface area contributed by atoms with E-state index in [1.165, 1.54) is 42.6 Å².